The first-order valence-electron chi connectivity index (χ1n) is 7.49. The second-order valence-corrected chi connectivity index (χ2v) is 5.00. The van der Waals surface area contributed by atoms with Crippen molar-refractivity contribution in [3.05, 3.63) is 23.8 Å². The molecule has 2 atom stereocenters. The molecule has 1 fully saturated rings. The van der Waals surface area contributed by atoms with Crippen LogP contribution in [0.15, 0.2) is 18.2 Å². The highest BCUT2D eigenvalue weighted by Crippen LogP contribution is 2.45. The smallest absolute Gasteiger partial charge is 0.414 e. The van der Waals surface area contributed by atoms with E-state index in [0.717, 1.165) is 24.5 Å². The number of hydrogen-bond acceptors (Lipinski definition) is 4. The second kappa shape index (κ2) is 6.80. The fraction of sp³-hybridized carbons (Fsp3) is 0.562. The van der Waals surface area contributed by atoms with Crippen molar-refractivity contribution in [3.8, 4) is 5.75 Å². The second-order valence-electron chi connectivity index (χ2n) is 5.00. The van der Waals surface area contributed by atoms with Crippen LogP contribution in [0.5, 0.6) is 5.75 Å². The molecule has 0 spiro atoms. The number of methoxy groups -OCH3 is 2. The SMILES string of the molecule is CC.COC(=O)N1CC2CNCC2c2cccc(OC)c21. The summed E-state index contributed by atoms with van der Waals surface area (Å²) in [5, 5.41) is 3.40. The molecule has 2 aliphatic rings. The highest BCUT2D eigenvalue weighted by Gasteiger charge is 2.40. The van der Waals surface area contributed by atoms with Crippen LogP contribution in [0.4, 0.5) is 10.5 Å². The maximum absolute atomic E-state index is 12.0. The summed E-state index contributed by atoms with van der Waals surface area (Å²) < 4.78 is 10.3. The Labute approximate surface area is 126 Å². The molecule has 1 aromatic carbocycles. The van der Waals surface area contributed by atoms with Crippen molar-refractivity contribution in [2.24, 2.45) is 5.92 Å². The minimum absolute atomic E-state index is 0.323. The van der Waals surface area contributed by atoms with Crippen LogP contribution in [-0.2, 0) is 4.74 Å². The van der Waals surface area contributed by atoms with Crippen LogP contribution in [0.25, 0.3) is 0 Å². The van der Waals surface area contributed by atoms with E-state index in [4.69, 9.17) is 9.47 Å². The van der Waals surface area contributed by atoms with Gasteiger partial charge in [-0.25, -0.2) is 4.79 Å². The Hall–Kier alpha value is -1.75. The van der Waals surface area contributed by atoms with E-state index in [0.29, 0.717) is 18.4 Å². The summed E-state index contributed by atoms with van der Waals surface area (Å²) in [7, 11) is 3.04. The molecule has 3 rings (SSSR count). The molecule has 1 aromatic rings. The lowest BCUT2D eigenvalue weighted by Gasteiger charge is -2.36. The van der Waals surface area contributed by atoms with Gasteiger partial charge in [0, 0.05) is 25.6 Å². The predicted octanol–water partition coefficient (Wildman–Crippen LogP) is 2.61. The molecule has 2 heterocycles. The van der Waals surface area contributed by atoms with E-state index in [1.165, 1.54) is 12.7 Å². The monoisotopic (exact) mass is 292 g/mol. The molecule has 5 heteroatoms. The van der Waals surface area contributed by atoms with Crippen molar-refractivity contribution in [2.45, 2.75) is 19.8 Å². The van der Waals surface area contributed by atoms with Gasteiger partial charge in [0.1, 0.15) is 5.75 Å². The van der Waals surface area contributed by atoms with Crippen molar-refractivity contribution < 1.29 is 14.3 Å². The van der Waals surface area contributed by atoms with Gasteiger partial charge in [0.05, 0.1) is 19.9 Å². The molecule has 21 heavy (non-hydrogen) atoms. The third-order valence-corrected chi connectivity index (χ3v) is 4.07. The summed E-state index contributed by atoms with van der Waals surface area (Å²) in [6.07, 6.45) is -0.323. The standard InChI is InChI=1S/C14H18N2O3.C2H6/c1-18-12-5-3-4-10-11-7-15-6-9(11)8-16(13(10)12)14(17)19-2;1-2/h3-5,9,11,15H,6-8H2,1-2H3;1-2H3. The van der Waals surface area contributed by atoms with Crippen LogP contribution in [0.3, 0.4) is 0 Å². The Morgan fingerprint density at radius 1 is 1.29 bits per heavy atom. The zero-order valence-electron chi connectivity index (χ0n) is 13.2. The molecule has 5 nitrogen and oxygen atoms in total. The summed E-state index contributed by atoms with van der Waals surface area (Å²) in [4.78, 5) is 13.7. The molecule has 1 amide bonds. The lowest BCUT2D eigenvalue weighted by molar-refractivity contribution is 0.176. The Morgan fingerprint density at radius 3 is 2.71 bits per heavy atom. The van der Waals surface area contributed by atoms with Gasteiger partial charge in [-0.2, -0.15) is 0 Å². The number of ether oxygens (including phenoxy) is 2. The normalized spacial score (nSPS) is 22.6. The topological polar surface area (TPSA) is 50.8 Å². The van der Waals surface area contributed by atoms with E-state index >= 15 is 0 Å². The number of nitrogens with one attached hydrogen (secondary N) is 1. The zero-order chi connectivity index (χ0) is 15.4. The van der Waals surface area contributed by atoms with Gasteiger partial charge < -0.3 is 14.8 Å². The molecule has 1 N–H and O–H groups in total. The van der Waals surface area contributed by atoms with Crippen molar-refractivity contribution in [3.63, 3.8) is 0 Å². The number of para-hydroxylation sites is 1. The number of nitrogens with zero attached hydrogens (tertiary/aromatic N) is 1. The zero-order valence-corrected chi connectivity index (χ0v) is 13.2. The molecule has 2 unspecified atom stereocenters. The molecule has 0 bridgehead atoms. The lowest BCUT2D eigenvalue weighted by atomic mass is 9.83. The van der Waals surface area contributed by atoms with E-state index in [2.05, 4.69) is 11.4 Å². The average Bonchev–Trinajstić information content (AvgIpc) is 3.03. The first-order chi connectivity index (χ1) is 10.3. The molecular weight excluding hydrogens is 268 g/mol. The lowest BCUT2D eigenvalue weighted by Crippen LogP contribution is -2.41. The number of carbonyl (C=O) groups is 1. The van der Waals surface area contributed by atoms with Gasteiger partial charge in [-0.05, 0) is 17.5 Å². The summed E-state index contributed by atoms with van der Waals surface area (Å²) in [6.45, 7) is 6.58. The van der Waals surface area contributed by atoms with Crippen LogP contribution in [-0.4, -0.2) is 39.9 Å². The highest BCUT2D eigenvalue weighted by molar-refractivity contribution is 5.92. The first-order valence-corrected chi connectivity index (χ1v) is 7.49. The summed E-state index contributed by atoms with van der Waals surface area (Å²) >= 11 is 0. The minimum Gasteiger partial charge on any atom is -0.495 e. The molecular formula is C16H24N2O3. The summed E-state index contributed by atoms with van der Waals surface area (Å²) in [5.41, 5.74) is 2.04. The Bertz CT molecular complexity index is 504. The number of anilines is 1. The van der Waals surface area contributed by atoms with Crippen LogP contribution in [0.1, 0.15) is 25.3 Å². The van der Waals surface area contributed by atoms with Crippen molar-refractivity contribution in [2.75, 3.05) is 38.8 Å². The van der Waals surface area contributed by atoms with Gasteiger partial charge in [0.15, 0.2) is 0 Å². The number of amides is 1. The predicted molar refractivity (Wildman–Crippen MR) is 83.2 cm³/mol. The first kappa shape index (κ1) is 15.6. The van der Waals surface area contributed by atoms with Crippen LogP contribution >= 0.6 is 0 Å². The third-order valence-electron chi connectivity index (χ3n) is 4.07. The molecule has 2 aliphatic heterocycles. The quantitative estimate of drug-likeness (QED) is 0.864. The fourth-order valence-electron chi connectivity index (χ4n) is 3.18. The Morgan fingerprint density at radius 2 is 2.05 bits per heavy atom. The highest BCUT2D eigenvalue weighted by atomic mass is 16.5. The van der Waals surface area contributed by atoms with E-state index in [9.17, 15) is 4.79 Å². The molecule has 0 aromatic heterocycles. The van der Waals surface area contributed by atoms with Crippen molar-refractivity contribution >= 4 is 11.8 Å². The van der Waals surface area contributed by atoms with Gasteiger partial charge in [-0.3, -0.25) is 4.90 Å². The number of carbonyl (C=O) groups excluding carboxylic acids is 1. The minimum atomic E-state index is -0.323. The number of benzene rings is 1. The van der Waals surface area contributed by atoms with Crippen LogP contribution in [0, 0.1) is 5.92 Å². The average molecular weight is 292 g/mol. The molecule has 0 saturated carbocycles. The van der Waals surface area contributed by atoms with Crippen molar-refractivity contribution in [1.29, 1.82) is 0 Å². The van der Waals surface area contributed by atoms with Crippen molar-refractivity contribution in [1.82, 2.24) is 5.32 Å². The largest absolute Gasteiger partial charge is 0.495 e. The van der Waals surface area contributed by atoms with Gasteiger partial charge in [0.25, 0.3) is 0 Å². The van der Waals surface area contributed by atoms with Gasteiger partial charge in [-0.15, -0.1) is 0 Å². The summed E-state index contributed by atoms with van der Waals surface area (Å²) in [5.74, 6) is 1.62. The molecule has 1 saturated heterocycles. The molecule has 0 radical (unpaired) electrons. The van der Waals surface area contributed by atoms with E-state index < -0.39 is 0 Å². The van der Waals surface area contributed by atoms with E-state index in [1.54, 1.807) is 12.0 Å². The summed E-state index contributed by atoms with van der Waals surface area (Å²) in [6, 6.07) is 5.95. The molecule has 0 aliphatic carbocycles. The van der Waals surface area contributed by atoms with Gasteiger partial charge >= 0.3 is 6.09 Å². The van der Waals surface area contributed by atoms with Crippen LogP contribution in [0.2, 0.25) is 0 Å². The van der Waals surface area contributed by atoms with Gasteiger partial charge in [-0.1, -0.05) is 26.0 Å². The maximum Gasteiger partial charge on any atom is 0.414 e. The number of fused-ring (bicyclic) bond motifs is 3. The number of hydrogen-bond donors (Lipinski definition) is 1. The van der Waals surface area contributed by atoms with E-state index in [1.807, 2.05) is 26.0 Å². The third kappa shape index (κ3) is 2.70. The van der Waals surface area contributed by atoms with Crippen LogP contribution < -0.4 is 15.0 Å². The van der Waals surface area contributed by atoms with E-state index in [-0.39, 0.29) is 6.09 Å². The maximum atomic E-state index is 12.0. The Kier molecular flexibility index (Phi) is 5.07. The molecule has 116 valence electrons. The van der Waals surface area contributed by atoms with Gasteiger partial charge in [0.2, 0.25) is 0 Å². The Balaban J connectivity index is 0.000000774. The fourth-order valence-corrected chi connectivity index (χ4v) is 3.18. The number of rotatable bonds is 1.